The van der Waals surface area contributed by atoms with Crippen molar-refractivity contribution in [2.24, 2.45) is 0 Å². The molecule has 0 saturated carbocycles. The van der Waals surface area contributed by atoms with Crippen LogP contribution >= 0.6 is 35.2 Å². The monoisotopic (exact) mass is 273 g/mol. The van der Waals surface area contributed by atoms with Crippen molar-refractivity contribution in [1.82, 2.24) is 14.8 Å². The quantitative estimate of drug-likeness (QED) is 0.866. The molecular formula is C10H12ClN3S2. The van der Waals surface area contributed by atoms with E-state index in [-0.39, 0.29) is 0 Å². The smallest absolute Gasteiger partial charge is 0.195 e. The zero-order valence-corrected chi connectivity index (χ0v) is 11.3. The summed E-state index contributed by atoms with van der Waals surface area (Å²) < 4.78 is 3.57. The van der Waals surface area contributed by atoms with E-state index >= 15 is 0 Å². The van der Waals surface area contributed by atoms with E-state index in [0.717, 1.165) is 29.5 Å². The van der Waals surface area contributed by atoms with E-state index in [0.29, 0.717) is 4.77 Å². The molecule has 0 aliphatic carbocycles. The first-order valence-corrected chi connectivity index (χ1v) is 6.69. The van der Waals surface area contributed by atoms with Crippen molar-refractivity contribution in [3.8, 4) is 0 Å². The molecule has 0 aliphatic rings. The predicted molar refractivity (Wildman–Crippen MR) is 69.8 cm³/mol. The highest BCUT2D eigenvalue weighted by Gasteiger charge is 2.05. The van der Waals surface area contributed by atoms with Crippen LogP contribution in [0.15, 0.2) is 12.1 Å². The van der Waals surface area contributed by atoms with Gasteiger partial charge in [-0.3, -0.25) is 5.10 Å². The minimum Gasteiger partial charge on any atom is -0.304 e. The first kappa shape index (κ1) is 11.8. The zero-order valence-electron chi connectivity index (χ0n) is 8.86. The molecule has 0 amide bonds. The number of aryl methyl sites for hydroxylation is 2. The van der Waals surface area contributed by atoms with Crippen LogP contribution in [0.1, 0.15) is 17.6 Å². The molecule has 2 aromatic heterocycles. The van der Waals surface area contributed by atoms with Gasteiger partial charge in [0.2, 0.25) is 0 Å². The third kappa shape index (κ3) is 2.53. The number of halogens is 1. The molecule has 2 rings (SSSR count). The van der Waals surface area contributed by atoms with Gasteiger partial charge in [0.05, 0.1) is 4.34 Å². The van der Waals surface area contributed by atoms with Crippen LogP contribution in [0.2, 0.25) is 4.34 Å². The third-order valence-electron chi connectivity index (χ3n) is 2.36. The van der Waals surface area contributed by atoms with Crippen molar-refractivity contribution in [2.75, 3.05) is 0 Å². The minimum absolute atomic E-state index is 0.694. The molecule has 0 bridgehead atoms. The van der Waals surface area contributed by atoms with E-state index in [1.165, 1.54) is 4.88 Å². The van der Waals surface area contributed by atoms with Gasteiger partial charge in [-0.05, 0) is 30.8 Å². The Morgan fingerprint density at radius 1 is 1.56 bits per heavy atom. The topological polar surface area (TPSA) is 33.6 Å². The molecule has 16 heavy (non-hydrogen) atoms. The molecule has 1 N–H and O–H groups in total. The highest BCUT2D eigenvalue weighted by Crippen LogP contribution is 2.22. The molecule has 3 nitrogen and oxygen atoms in total. The largest absolute Gasteiger partial charge is 0.304 e. The molecule has 0 atom stereocenters. The Bertz CT molecular complexity index is 526. The fraction of sp³-hybridized carbons (Fsp3) is 0.400. The minimum atomic E-state index is 0.694. The summed E-state index contributed by atoms with van der Waals surface area (Å²) in [6.45, 7) is 2.93. The van der Waals surface area contributed by atoms with Crippen molar-refractivity contribution in [2.45, 2.75) is 26.3 Å². The Kier molecular flexibility index (Phi) is 3.78. The molecule has 0 radical (unpaired) electrons. The second-order valence-corrected chi connectivity index (χ2v) is 5.59. The van der Waals surface area contributed by atoms with Crippen LogP contribution in [0.3, 0.4) is 0 Å². The summed E-state index contributed by atoms with van der Waals surface area (Å²) in [5.74, 6) is 1.01. The summed E-state index contributed by atoms with van der Waals surface area (Å²) in [4.78, 5) is 1.27. The lowest BCUT2D eigenvalue weighted by atomic mass is 10.3. The lowest BCUT2D eigenvalue weighted by Crippen LogP contribution is -2.05. The van der Waals surface area contributed by atoms with E-state index in [1.807, 2.05) is 10.6 Å². The fourth-order valence-electron chi connectivity index (χ4n) is 1.56. The van der Waals surface area contributed by atoms with E-state index < -0.39 is 0 Å². The van der Waals surface area contributed by atoms with Crippen LogP contribution in [0.25, 0.3) is 0 Å². The average molecular weight is 274 g/mol. The molecule has 0 spiro atoms. The van der Waals surface area contributed by atoms with Crippen LogP contribution in [0, 0.1) is 4.77 Å². The Hall–Kier alpha value is -0.650. The normalized spacial score (nSPS) is 10.9. The van der Waals surface area contributed by atoms with Gasteiger partial charge in [0.1, 0.15) is 5.82 Å². The van der Waals surface area contributed by atoms with E-state index in [1.54, 1.807) is 11.3 Å². The van der Waals surface area contributed by atoms with Gasteiger partial charge in [-0.2, -0.15) is 5.10 Å². The van der Waals surface area contributed by atoms with E-state index in [9.17, 15) is 0 Å². The lowest BCUT2D eigenvalue weighted by molar-refractivity contribution is 0.653. The van der Waals surface area contributed by atoms with Crippen LogP contribution in [0.4, 0.5) is 0 Å². The molecule has 0 aliphatic heterocycles. The number of hydrogen-bond acceptors (Lipinski definition) is 3. The van der Waals surface area contributed by atoms with Gasteiger partial charge in [-0.15, -0.1) is 11.3 Å². The number of rotatable bonds is 4. The van der Waals surface area contributed by atoms with Crippen molar-refractivity contribution >= 4 is 35.2 Å². The van der Waals surface area contributed by atoms with Gasteiger partial charge in [0.25, 0.3) is 0 Å². The maximum atomic E-state index is 5.88. The summed E-state index contributed by atoms with van der Waals surface area (Å²) in [5, 5.41) is 7.00. The molecule has 0 unspecified atom stereocenters. The zero-order chi connectivity index (χ0) is 11.5. The summed E-state index contributed by atoms with van der Waals surface area (Å²) >= 11 is 12.7. The number of nitrogens with one attached hydrogen (secondary N) is 1. The van der Waals surface area contributed by atoms with E-state index in [2.05, 4.69) is 23.2 Å². The number of hydrogen-bond donors (Lipinski definition) is 1. The third-order valence-corrected chi connectivity index (χ3v) is 3.97. The summed E-state index contributed by atoms with van der Waals surface area (Å²) in [7, 11) is 0. The van der Waals surface area contributed by atoms with Crippen molar-refractivity contribution < 1.29 is 0 Å². The number of nitrogens with zero attached hydrogens (tertiary/aromatic N) is 2. The predicted octanol–water partition coefficient (Wildman–Crippen LogP) is 3.46. The van der Waals surface area contributed by atoms with Crippen molar-refractivity contribution in [1.29, 1.82) is 0 Å². The molecule has 0 fully saturated rings. The Morgan fingerprint density at radius 2 is 2.38 bits per heavy atom. The standard InChI is InChI=1S/C10H12ClN3S2/c1-2-9-12-13-10(15)14(9)6-5-7-3-4-8(11)16-7/h3-4H,2,5-6H2,1H3,(H,13,15). The maximum Gasteiger partial charge on any atom is 0.195 e. The Morgan fingerprint density at radius 3 is 3.00 bits per heavy atom. The highest BCUT2D eigenvalue weighted by molar-refractivity contribution is 7.71. The van der Waals surface area contributed by atoms with Gasteiger partial charge in [0, 0.05) is 17.8 Å². The van der Waals surface area contributed by atoms with Gasteiger partial charge in [-0.1, -0.05) is 18.5 Å². The molecular weight excluding hydrogens is 262 g/mol. The molecule has 6 heteroatoms. The van der Waals surface area contributed by atoms with Gasteiger partial charge in [-0.25, -0.2) is 0 Å². The first-order valence-electron chi connectivity index (χ1n) is 5.09. The van der Waals surface area contributed by atoms with Crippen LogP contribution in [-0.2, 0) is 19.4 Å². The number of H-pyrrole nitrogens is 1. The molecule has 2 aromatic rings. The summed E-state index contributed by atoms with van der Waals surface area (Å²) in [5.41, 5.74) is 0. The fourth-order valence-corrected chi connectivity index (χ4v) is 2.88. The number of thiophene rings is 1. The molecule has 86 valence electrons. The molecule has 0 aromatic carbocycles. The summed E-state index contributed by atoms with van der Waals surface area (Å²) in [6.07, 6.45) is 1.83. The van der Waals surface area contributed by atoms with Crippen LogP contribution < -0.4 is 0 Å². The van der Waals surface area contributed by atoms with Crippen molar-refractivity contribution in [3.05, 3.63) is 31.9 Å². The lowest BCUT2D eigenvalue weighted by Gasteiger charge is -2.03. The summed E-state index contributed by atoms with van der Waals surface area (Å²) in [6, 6.07) is 3.99. The van der Waals surface area contributed by atoms with Crippen LogP contribution in [0.5, 0.6) is 0 Å². The van der Waals surface area contributed by atoms with E-state index in [4.69, 9.17) is 23.8 Å². The van der Waals surface area contributed by atoms with Gasteiger partial charge in [0.15, 0.2) is 4.77 Å². The second kappa shape index (κ2) is 5.12. The average Bonchev–Trinajstić information content (AvgIpc) is 2.82. The number of aromatic nitrogens is 3. The highest BCUT2D eigenvalue weighted by atomic mass is 35.5. The SMILES string of the molecule is CCc1n[nH]c(=S)n1CCc1ccc(Cl)s1. The molecule has 2 heterocycles. The second-order valence-electron chi connectivity index (χ2n) is 3.41. The maximum absolute atomic E-state index is 5.88. The number of aromatic amines is 1. The van der Waals surface area contributed by atoms with Gasteiger partial charge >= 0.3 is 0 Å². The van der Waals surface area contributed by atoms with Crippen LogP contribution in [-0.4, -0.2) is 14.8 Å². The Balaban J connectivity index is 2.09. The Labute approximate surface area is 108 Å². The molecule has 0 saturated heterocycles. The first-order chi connectivity index (χ1) is 7.70. The van der Waals surface area contributed by atoms with Crippen molar-refractivity contribution in [3.63, 3.8) is 0 Å². The van der Waals surface area contributed by atoms with Gasteiger partial charge < -0.3 is 4.57 Å².